The summed E-state index contributed by atoms with van der Waals surface area (Å²) < 4.78 is 2.05. The molecule has 0 radical (unpaired) electrons. The van der Waals surface area contributed by atoms with Gasteiger partial charge in [0.15, 0.2) is 0 Å². The zero-order chi connectivity index (χ0) is 25.2. The van der Waals surface area contributed by atoms with Crippen LogP contribution >= 0.6 is 11.6 Å². The molecule has 5 rings (SSSR count). The van der Waals surface area contributed by atoms with Crippen LogP contribution in [0.4, 0.5) is 11.4 Å². The van der Waals surface area contributed by atoms with Crippen molar-refractivity contribution in [3.63, 3.8) is 0 Å². The van der Waals surface area contributed by atoms with E-state index in [9.17, 15) is 14.9 Å². The molecule has 182 valence electrons. The molecule has 2 heterocycles. The summed E-state index contributed by atoms with van der Waals surface area (Å²) in [6, 6.07) is 26.1. The minimum Gasteiger partial charge on any atom is -0.368 e. The maximum absolute atomic E-state index is 13.7. The molecular weight excluding hydrogens is 476 g/mol. The number of benzene rings is 3. The fraction of sp³-hybridized carbons (Fsp3) is 0.179. The van der Waals surface area contributed by atoms with Crippen molar-refractivity contribution in [2.24, 2.45) is 0 Å². The van der Waals surface area contributed by atoms with Gasteiger partial charge in [-0.25, -0.2) is 0 Å². The molecule has 36 heavy (non-hydrogen) atoms. The van der Waals surface area contributed by atoms with Crippen LogP contribution in [0.2, 0.25) is 5.02 Å². The van der Waals surface area contributed by atoms with E-state index in [-0.39, 0.29) is 11.6 Å². The minimum atomic E-state index is -0.402. The molecule has 0 unspecified atom stereocenters. The van der Waals surface area contributed by atoms with Crippen molar-refractivity contribution in [2.75, 3.05) is 31.1 Å². The van der Waals surface area contributed by atoms with Crippen LogP contribution in [0.25, 0.3) is 16.9 Å². The van der Waals surface area contributed by atoms with E-state index in [2.05, 4.69) is 9.47 Å². The third-order valence-corrected chi connectivity index (χ3v) is 6.95. The lowest BCUT2D eigenvalue weighted by Gasteiger charge is -2.36. The third kappa shape index (κ3) is 4.45. The van der Waals surface area contributed by atoms with Crippen molar-refractivity contribution in [3.05, 3.63) is 111 Å². The van der Waals surface area contributed by atoms with Gasteiger partial charge in [-0.05, 0) is 42.8 Å². The normalized spacial score (nSPS) is 13.6. The molecular formula is C28H25ClN4O3. The highest BCUT2D eigenvalue weighted by Crippen LogP contribution is 2.33. The molecule has 0 bridgehead atoms. The Morgan fingerprint density at radius 1 is 0.889 bits per heavy atom. The number of carbonyl (C=O) groups excluding carboxylic acids is 1. The number of non-ortho nitro benzene ring substituents is 1. The quantitative estimate of drug-likeness (QED) is 0.250. The highest BCUT2D eigenvalue weighted by molar-refractivity contribution is 6.32. The Balaban J connectivity index is 1.41. The fourth-order valence-electron chi connectivity index (χ4n) is 4.71. The van der Waals surface area contributed by atoms with Gasteiger partial charge in [-0.1, -0.05) is 54.1 Å². The largest absolute Gasteiger partial charge is 0.368 e. The second-order valence-corrected chi connectivity index (χ2v) is 9.14. The molecule has 1 amide bonds. The Hall–Kier alpha value is -4.10. The van der Waals surface area contributed by atoms with Gasteiger partial charge < -0.3 is 14.4 Å². The molecule has 3 aromatic carbocycles. The Labute approximate surface area is 214 Å². The number of nitro benzene ring substituents is 1. The topological polar surface area (TPSA) is 71.6 Å². The molecule has 0 saturated carbocycles. The number of piperazine rings is 1. The van der Waals surface area contributed by atoms with E-state index >= 15 is 0 Å². The molecule has 1 saturated heterocycles. The smallest absolute Gasteiger partial charge is 0.269 e. The first-order valence-corrected chi connectivity index (χ1v) is 12.1. The van der Waals surface area contributed by atoms with Crippen molar-refractivity contribution in [2.45, 2.75) is 6.92 Å². The average molecular weight is 501 g/mol. The summed E-state index contributed by atoms with van der Waals surface area (Å²) in [5.41, 5.74) is 5.22. The molecule has 0 atom stereocenters. The predicted molar refractivity (Wildman–Crippen MR) is 142 cm³/mol. The molecule has 1 aromatic heterocycles. The van der Waals surface area contributed by atoms with Crippen molar-refractivity contribution in [1.29, 1.82) is 0 Å². The van der Waals surface area contributed by atoms with Gasteiger partial charge >= 0.3 is 0 Å². The van der Waals surface area contributed by atoms with E-state index in [0.29, 0.717) is 36.8 Å². The summed E-state index contributed by atoms with van der Waals surface area (Å²) >= 11 is 6.57. The van der Waals surface area contributed by atoms with Crippen LogP contribution in [0.1, 0.15) is 16.1 Å². The van der Waals surface area contributed by atoms with Gasteiger partial charge in [-0.15, -0.1) is 0 Å². The predicted octanol–water partition coefficient (Wildman–Crippen LogP) is 5.98. The third-order valence-electron chi connectivity index (χ3n) is 6.63. The average Bonchev–Trinajstić information content (AvgIpc) is 3.26. The number of halogens is 1. The van der Waals surface area contributed by atoms with E-state index in [1.54, 1.807) is 12.1 Å². The SMILES string of the molecule is Cc1c(C(=O)N2CCN(c3ccc([N+](=O)[O-])cc3)CC2)cc(-c2ccccc2)n1-c1ccccc1Cl. The summed E-state index contributed by atoms with van der Waals surface area (Å²) in [6.07, 6.45) is 0. The number of rotatable bonds is 5. The highest BCUT2D eigenvalue weighted by atomic mass is 35.5. The molecule has 7 nitrogen and oxygen atoms in total. The number of anilines is 1. The zero-order valence-electron chi connectivity index (χ0n) is 19.8. The number of nitrogens with zero attached hydrogens (tertiary/aromatic N) is 4. The van der Waals surface area contributed by atoms with Crippen LogP contribution in [0.15, 0.2) is 84.9 Å². The van der Waals surface area contributed by atoms with Crippen LogP contribution in [-0.4, -0.2) is 46.5 Å². The van der Waals surface area contributed by atoms with Crippen LogP contribution < -0.4 is 4.90 Å². The Morgan fingerprint density at radius 2 is 1.53 bits per heavy atom. The number of aromatic nitrogens is 1. The molecule has 1 aliphatic heterocycles. The Bertz CT molecular complexity index is 1410. The lowest BCUT2D eigenvalue weighted by molar-refractivity contribution is -0.384. The number of amides is 1. The van der Waals surface area contributed by atoms with Crippen molar-refractivity contribution in [3.8, 4) is 16.9 Å². The minimum absolute atomic E-state index is 0.0150. The van der Waals surface area contributed by atoms with E-state index in [1.807, 2.05) is 72.5 Å². The summed E-state index contributed by atoms with van der Waals surface area (Å²) in [7, 11) is 0. The number of para-hydroxylation sites is 1. The molecule has 0 N–H and O–H groups in total. The zero-order valence-corrected chi connectivity index (χ0v) is 20.6. The highest BCUT2D eigenvalue weighted by Gasteiger charge is 2.27. The van der Waals surface area contributed by atoms with Gasteiger partial charge in [0, 0.05) is 49.7 Å². The van der Waals surface area contributed by atoms with Crippen molar-refractivity contribution < 1.29 is 9.72 Å². The lowest BCUT2D eigenvalue weighted by Crippen LogP contribution is -2.48. The Morgan fingerprint density at radius 3 is 2.17 bits per heavy atom. The van der Waals surface area contributed by atoms with E-state index in [4.69, 9.17) is 11.6 Å². The standard InChI is InChI=1S/C28H25ClN4O3/c1-20-24(19-27(21-7-3-2-4-8-21)32(20)26-10-6-5-9-25(26)29)28(34)31-17-15-30(16-18-31)22-11-13-23(14-12-22)33(35)36/h2-14,19H,15-18H2,1H3. The summed E-state index contributed by atoms with van der Waals surface area (Å²) in [6.45, 7) is 4.38. The first-order chi connectivity index (χ1) is 17.4. The van der Waals surface area contributed by atoms with E-state index in [1.165, 1.54) is 12.1 Å². The van der Waals surface area contributed by atoms with E-state index in [0.717, 1.165) is 28.3 Å². The number of hydrogen-bond donors (Lipinski definition) is 0. The molecule has 1 aliphatic rings. The monoisotopic (exact) mass is 500 g/mol. The van der Waals surface area contributed by atoms with Gasteiger partial charge in [0.25, 0.3) is 11.6 Å². The van der Waals surface area contributed by atoms with Crippen molar-refractivity contribution in [1.82, 2.24) is 9.47 Å². The second-order valence-electron chi connectivity index (χ2n) is 8.73. The number of hydrogen-bond acceptors (Lipinski definition) is 4. The van der Waals surface area contributed by atoms with Gasteiger partial charge in [0.1, 0.15) is 0 Å². The maximum atomic E-state index is 13.7. The number of carbonyl (C=O) groups is 1. The molecule has 0 spiro atoms. The Kier molecular flexibility index (Phi) is 6.48. The van der Waals surface area contributed by atoms with Gasteiger partial charge in [0.2, 0.25) is 0 Å². The van der Waals surface area contributed by atoms with Crippen LogP contribution in [0, 0.1) is 17.0 Å². The van der Waals surface area contributed by atoms with Crippen molar-refractivity contribution >= 4 is 28.9 Å². The first-order valence-electron chi connectivity index (χ1n) is 11.8. The lowest BCUT2D eigenvalue weighted by atomic mass is 10.1. The molecule has 0 aliphatic carbocycles. The van der Waals surface area contributed by atoms with Gasteiger partial charge in [-0.2, -0.15) is 0 Å². The summed E-state index contributed by atoms with van der Waals surface area (Å²) in [5, 5.41) is 11.5. The summed E-state index contributed by atoms with van der Waals surface area (Å²) in [5.74, 6) is -0.0150. The maximum Gasteiger partial charge on any atom is 0.269 e. The second kappa shape index (κ2) is 9.87. The summed E-state index contributed by atoms with van der Waals surface area (Å²) in [4.78, 5) is 28.2. The van der Waals surface area contributed by atoms with Crippen LogP contribution in [0.5, 0.6) is 0 Å². The fourth-order valence-corrected chi connectivity index (χ4v) is 4.93. The number of nitro groups is 1. The van der Waals surface area contributed by atoms with Gasteiger partial charge in [-0.3, -0.25) is 14.9 Å². The molecule has 4 aromatic rings. The molecule has 8 heteroatoms. The van der Waals surface area contributed by atoms with Crippen LogP contribution in [0.3, 0.4) is 0 Å². The van der Waals surface area contributed by atoms with Crippen LogP contribution in [-0.2, 0) is 0 Å². The van der Waals surface area contributed by atoms with Gasteiger partial charge in [0.05, 0.1) is 26.9 Å². The van der Waals surface area contributed by atoms with E-state index < -0.39 is 4.92 Å². The first kappa shape index (κ1) is 23.6. The molecule has 1 fully saturated rings.